The van der Waals surface area contributed by atoms with E-state index in [1.807, 2.05) is 0 Å². The van der Waals surface area contributed by atoms with Crippen LogP contribution in [0.4, 0.5) is 0 Å². The third-order valence-corrected chi connectivity index (χ3v) is 3.96. The highest BCUT2D eigenvalue weighted by Crippen LogP contribution is 2.19. The number of rotatable bonds is 11. The molecule has 2 atom stereocenters. The van der Waals surface area contributed by atoms with Crippen LogP contribution >= 0.6 is 0 Å². The van der Waals surface area contributed by atoms with Crippen LogP contribution in [0.5, 0.6) is 0 Å². The first-order chi connectivity index (χ1) is 9.15. The van der Waals surface area contributed by atoms with E-state index >= 15 is 0 Å². The fourth-order valence-corrected chi connectivity index (χ4v) is 2.38. The van der Waals surface area contributed by atoms with Gasteiger partial charge in [0.1, 0.15) is 0 Å². The molecular formula is C15H31NO3. The predicted octanol–water partition coefficient (Wildman–Crippen LogP) is 1.69. The van der Waals surface area contributed by atoms with E-state index in [4.69, 9.17) is 9.84 Å². The summed E-state index contributed by atoms with van der Waals surface area (Å²) in [4.78, 5) is 0. The van der Waals surface area contributed by atoms with Crippen LogP contribution in [-0.4, -0.2) is 48.2 Å². The van der Waals surface area contributed by atoms with E-state index in [1.165, 1.54) is 19.3 Å². The second-order valence-electron chi connectivity index (χ2n) is 5.84. The molecule has 0 aromatic rings. The summed E-state index contributed by atoms with van der Waals surface area (Å²) in [6.07, 6.45) is 5.89. The molecule has 19 heavy (non-hydrogen) atoms. The van der Waals surface area contributed by atoms with Crippen LogP contribution in [0.15, 0.2) is 0 Å². The zero-order chi connectivity index (χ0) is 14.1. The lowest BCUT2D eigenvalue weighted by atomic mass is 9.89. The maximum Gasteiger partial charge on any atom is 0.0897 e. The van der Waals surface area contributed by atoms with Gasteiger partial charge in [0.15, 0.2) is 0 Å². The molecule has 1 saturated carbocycles. The van der Waals surface area contributed by atoms with Crippen molar-refractivity contribution in [2.24, 2.45) is 5.92 Å². The lowest BCUT2D eigenvalue weighted by Gasteiger charge is -2.32. The molecule has 1 aliphatic rings. The molecule has 0 amide bonds. The summed E-state index contributed by atoms with van der Waals surface area (Å²) in [5, 5.41) is 22.2. The molecule has 114 valence electrons. The molecule has 0 aromatic heterocycles. The molecular weight excluding hydrogens is 242 g/mol. The number of hydrogen-bond acceptors (Lipinski definition) is 4. The van der Waals surface area contributed by atoms with Crippen LogP contribution in [0.1, 0.15) is 52.4 Å². The highest BCUT2D eigenvalue weighted by Gasteiger charge is 2.26. The Morgan fingerprint density at radius 2 is 2.00 bits per heavy atom. The van der Waals surface area contributed by atoms with Crippen molar-refractivity contribution < 1.29 is 14.9 Å². The van der Waals surface area contributed by atoms with Gasteiger partial charge < -0.3 is 20.3 Å². The number of aliphatic hydroxyl groups is 2. The monoisotopic (exact) mass is 273 g/mol. The molecule has 2 unspecified atom stereocenters. The number of unbranched alkanes of at least 4 members (excludes halogenated alkanes) is 1. The zero-order valence-electron chi connectivity index (χ0n) is 12.5. The Balaban J connectivity index is 1.97. The van der Waals surface area contributed by atoms with E-state index in [-0.39, 0.29) is 6.10 Å². The van der Waals surface area contributed by atoms with E-state index < -0.39 is 6.10 Å². The van der Waals surface area contributed by atoms with Gasteiger partial charge in [-0.15, -0.1) is 0 Å². The number of aliphatic hydroxyl groups excluding tert-OH is 2. The average Bonchev–Trinajstić information content (AvgIpc) is 2.37. The second-order valence-corrected chi connectivity index (χ2v) is 5.84. The summed E-state index contributed by atoms with van der Waals surface area (Å²) in [6, 6.07) is 0.373. The summed E-state index contributed by atoms with van der Waals surface area (Å²) in [5.74, 6) is 0.627. The Bertz CT molecular complexity index is 219. The van der Waals surface area contributed by atoms with Crippen molar-refractivity contribution in [2.75, 3.05) is 19.8 Å². The van der Waals surface area contributed by atoms with Crippen LogP contribution in [0, 0.1) is 5.92 Å². The van der Waals surface area contributed by atoms with Gasteiger partial charge in [-0.25, -0.2) is 0 Å². The molecule has 4 nitrogen and oxygen atoms in total. The minimum Gasteiger partial charge on any atom is -0.393 e. The number of ether oxygens (including phenoxy) is 1. The van der Waals surface area contributed by atoms with Crippen molar-refractivity contribution >= 4 is 0 Å². The molecule has 1 rings (SSSR count). The maximum atomic E-state index is 9.80. The van der Waals surface area contributed by atoms with Gasteiger partial charge in [0, 0.05) is 19.2 Å². The van der Waals surface area contributed by atoms with Gasteiger partial charge in [-0.2, -0.15) is 0 Å². The molecule has 0 aromatic carbocycles. The van der Waals surface area contributed by atoms with Crippen molar-refractivity contribution in [2.45, 2.75) is 70.6 Å². The first kappa shape index (κ1) is 16.9. The van der Waals surface area contributed by atoms with Crippen LogP contribution in [0.25, 0.3) is 0 Å². The topological polar surface area (TPSA) is 61.7 Å². The standard InChI is InChI=1S/C15H31NO3/c1-3-5-6-12(4-2)10-19-11-15(18)9-16-13-7-14(17)8-13/h12-18H,3-11H2,1-2H3. The molecule has 1 fully saturated rings. The Kier molecular flexibility index (Phi) is 8.62. The first-order valence-electron chi connectivity index (χ1n) is 7.82. The minimum atomic E-state index is -0.443. The van der Waals surface area contributed by atoms with Gasteiger partial charge in [-0.05, 0) is 25.2 Å². The largest absolute Gasteiger partial charge is 0.393 e. The first-order valence-corrected chi connectivity index (χ1v) is 7.82. The predicted molar refractivity (Wildman–Crippen MR) is 77.2 cm³/mol. The summed E-state index contributed by atoms with van der Waals surface area (Å²) in [5.41, 5.74) is 0. The fraction of sp³-hybridized carbons (Fsp3) is 1.00. The minimum absolute atomic E-state index is 0.144. The molecule has 1 aliphatic carbocycles. The van der Waals surface area contributed by atoms with E-state index in [1.54, 1.807) is 0 Å². The van der Waals surface area contributed by atoms with Gasteiger partial charge in [-0.3, -0.25) is 0 Å². The SMILES string of the molecule is CCCCC(CC)COCC(O)CNC1CC(O)C1. The summed E-state index contributed by atoms with van der Waals surface area (Å²) < 4.78 is 5.61. The summed E-state index contributed by atoms with van der Waals surface area (Å²) in [6.45, 7) is 6.13. The van der Waals surface area contributed by atoms with Gasteiger partial charge >= 0.3 is 0 Å². The number of hydrogen-bond donors (Lipinski definition) is 3. The molecule has 0 bridgehead atoms. The van der Waals surface area contributed by atoms with Crippen molar-refractivity contribution in [3.8, 4) is 0 Å². The van der Waals surface area contributed by atoms with E-state index in [2.05, 4.69) is 19.2 Å². The van der Waals surface area contributed by atoms with Gasteiger partial charge in [0.2, 0.25) is 0 Å². The third kappa shape index (κ3) is 7.25. The third-order valence-electron chi connectivity index (χ3n) is 3.96. The quantitative estimate of drug-likeness (QED) is 0.536. The van der Waals surface area contributed by atoms with Crippen molar-refractivity contribution in [1.29, 1.82) is 0 Å². The van der Waals surface area contributed by atoms with Crippen LogP contribution < -0.4 is 5.32 Å². The molecule has 0 radical (unpaired) electrons. The van der Waals surface area contributed by atoms with Crippen LogP contribution in [-0.2, 0) is 4.74 Å². The molecule has 0 heterocycles. The Morgan fingerprint density at radius 1 is 1.26 bits per heavy atom. The number of nitrogens with one attached hydrogen (secondary N) is 1. The van der Waals surface area contributed by atoms with Gasteiger partial charge in [0.05, 0.1) is 18.8 Å². The van der Waals surface area contributed by atoms with E-state index in [0.717, 1.165) is 25.9 Å². The second kappa shape index (κ2) is 9.70. The van der Waals surface area contributed by atoms with Crippen molar-refractivity contribution in [3.63, 3.8) is 0 Å². The van der Waals surface area contributed by atoms with Gasteiger partial charge in [-0.1, -0.05) is 33.1 Å². The molecule has 0 spiro atoms. The Morgan fingerprint density at radius 3 is 2.58 bits per heavy atom. The smallest absolute Gasteiger partial charge is 0.0897 e. The van der Waals surface area contributed by atoms with Crippen molar-refractivity contribution in [1.82, 2.24) is 5.32 Å². The fourth-order valence-electron chi connectivity index (χ4n) is 2.38. The Hall–Kier alpha value is -0.160. The summed E-state index contributed by atoms with van der Waals surface area (Å²) >= 11 is 0. The maximum absolute atomic E-state index is 9.80. The van der Waals surface area contributed by atoms with E-state index in [9.17, 15) is 5.11 Å². The van der Waals surface area contributed by atoms with E-state index in [0.29, 0.717) is 25.1 Å². The molecule has 3 N–H and O–H groups in total. The lowest BCUT2D eigenvalue weighted by molar-refractivity contribution is 0.0105. The average molecular weight is 273 g/mol. The molecule has 4 heteroatoms. The van der Waals surface area contributed by atoms with Crippen LogP contribution in [0.3, 0.4) is 0 Å². The lowest BCUT2D eigenvalue weighted by Crippen LogP contribution is -2.47. The zero-order valence-corrected chi connectivity index (χ0v) is 12.5. The van der Waals surface area contributed by atoms with Crippen molar-refractivity contribution in [3.05, 3.63) is 0 Å². The highest BCUT2D eigenvalue weighted by molar-refractivity contribution is 4.85. The summed E-state index contributed by atoms with van der Waals surface area (Å²) in [7, 11) is 0. The highest BCUT2D eigenvalue weighted by atomic mass is 16.5. The molecule has 0 aliphatic heterocycles. The van der Waals surface area contributed by atoms with Gasteiger partial charge in [0.25, 0.3) is 0 Å². The molecule has 0 saturated heterocycles. The normalized spacial score (nSPS) is 25.9. The Labute approximate surface area is 117 Å². The van der Waals surface area contributed by atoms with Crippen LogP contribution in [0.2, 0.25) is 0 Å².